The van der Waals surface area contributed by atoms with Crippen molar-refractivity contribution in [2.75, 3.05) is 0 Å². The number of hydrogen-bond donors (Lipinski definition) is 1. The van der Waals surface area contributed by atoms with Gasteiger partial charge in [0.2, 0.25) is 0 Å². The van der Waals surface area contributed by atoms with Crippen LogP contribution in [0.4, 0.5) is 0 Å². The van der Waals surface area contributed by atoms with Crippen molar-refractivity contribution >= 4 is 5.97 Å². The second-order valence-electron chi connectivity index (χ2n) is 16.0. The average molecular weight is 591 g/mol. The Bertz CT molecular complexity index is 1250. The van der Waals surface area contributed by atoms with E-state index in [0.29, 0.717) is 17.9 Å². The number of hydrogen-bond acceptors (Lipinski definition) is 3. The number of benzene rings is 2. The van der Waals surface area contributed by atoms with Crippen LogP contribution in [0.5, 0.6) is 11.5 Å². The summed E-state index contributed by atoms with van der Waals surface area (Å²) in [7, 11) is 0. The maximum absolute atomic E-state index is 12.7. The zero-order valence-corrected chi connectivity index (χ0v) is 29.7. The molecule has 0 saturated heterocycles. The summed E-state index contributed by atoms with van der Waals surface area (Å²) >= 11 is 0. The van der Waals surface area contributed by atoms with Crippen molar-refractivity contribution < 1.29 is 14.6 Å². The third-order valence-corrected chi connectivity index (χ3v) is 9.09. The Labute approximate surface area is 264 Å². The number of carbonyl (C=O) groups is 1. The lowest BCUT2D eigenvalue weighted by Crippen LogP contribution is -2.23. The topological polar surface area (TPSA) is 46.5 Å². The molecule has 0 radical (unpaired) electrons. The first-order chi connectivity index (χ1) is 19.8. The lowest BCUT2D eigenvalue weighted by Gasteiger charge is -2.32. The molecular weight excluding hydrogens is 528 g/mol. The zero-order chi connectivity index (χ0) is 32.8. The lowest BCUT2D eigenvalue weighted by molar-refractivity contribution is -0.129. The van der Waals surface area contributed by atoms with Gasteiger partial charge >= 0.3 is 5.97 Å². The molecule has 43 heavy (non-hydrogen) atoms. The third kappa shape index (κ3) is 9.72. The van der Waals surface area contributed by atoms with E-state index >= 15 is 0 Å². The van der Waals surface area contributed by atoms with E-state index in [1.54, 1.807) is 0 Å². The summed E-state index contributed by atoms with van der Waals surface area (Å²) in [6.45, 7) is 30.4. The van der Waals surface area contributed by atoms with Gasteiger partial charge in [-0.2, -0.15) is 0 Å². The smallest absolute Gasteiger partial charge is 0.335 e. The van der Waals surface area contributed by atoms with Crippen molar-refractivity contribution in [1.29, 1.82) is 0 Å². The molecule has 0 bridgehead atoms. The highest BCUT2D eigenvalue weighted by Gasteiger charge is 2.31. The van der Waals surface area contributed by atoms with E-state index in [1.807, 2.05) is 0 Å². The number of phenols is 1. The van der Waals surface area contributed by atoms with Crippen molar-refractivity contribution in [1.82, 2.24) is 0 Å². The Morgan fingerprint density at radius 2 is 1.16 bits per heavy atom. The van der Waals surface area contributed by atoms with Gasteiger partial charge in [0, 0.05) is 23.6 Å². The zero-order valence-electron chi connectivity index (χ0n) is 29.7. The van der Waals surface area contributed by atoms with E-state index in [-0.39, 0.29) is 21.7 Å². The lowest BCUT2D eigenvalue weighted by atomic mass is 9.74. The summed E-state index contributed by atoms with van der Waals surface area (Å²) in [4.78, 5) is 12.7. The van der Waals surface area contributed by atoms with Gasteiger partial charge in [-0.05, 0) is 56.8 Å². The quantitative estimate of drug-likeness (QED) is 0.103. The minimum atomic E-state index is -0.466. The van der Waals surface area contributed by atoms with E-state index in [1.165, 1.54) is 55.7 Å². The highest BCUT2D eigenvalue weighted by Crippen LogP contribution is 2.44. The van der Waals surface area contributed by atoms with Crippen molar-refractivity contribution in [3.8, 4) is 11.5 Å². The highest BCUT2D eigenvalue weighted by atomic mass is 16.5. The second-order valence-corrected chi connectivity index (χ2v) is 16.0. The van der Waals surface area contributed by atoms with Crippen molar-refractivity contribution in [3.63, 3.8) is 0 Å². The Morgan fingerprint density at radius 3 is 1.58 bits per heavy atom. The molecule has 0 aliphatic carbocycles. The average Bonchev–Trinajstić information content (AvgIpc) is 2.89. The maximum Gasteiger partial charge on any atom is 0.335 e. The van der Waals surface area contributed by atoms with Gasteiger partial charge in [0.15, 0.2) is 0 Å². The summed E-state index contributed by atoms with van der Waals surface area (Å²) < 4.78 is 6.05. The molecule has 0 amide bonds. The molecule has 0 aromatic heterocycles. The monoisotopic (exact) mass is 590 g/mol. The molecule has 3 heteroatoms. The number of aromatic hydroxyl groups is 1. The number of carbonyl (C=O) groups excluding carboxylic acids is 1. The van der Waals surface area contributed by atoms with Gasteiger partial charge in [0.05, 0.1) is 0 Å². The maximum atomic E-state index is 12.7. The first-order valence-electron chi connectivity index (χ1n) is 16.7. The summed E-state index contributed by atoms with van der Waals surface area (Å²) in [5, 5.41) is 11.8. The molecule has 2 aromatic rings. The fourth-order valence-corrected chi connectivity index (χ4v) is 5.95. The predicted molar refractivity (Wildman–Crippen MR) is 185 cm³/mol. The van der Waals surface area contributed by atoms with Crippen LogP contribution < -0.4 is 4.74 Å². The normalized spacial score (nSPS) is 12.8. The molecule has 0 fully saturated rings. The summed E-state index contributed by atoms with van der Waals surface area (Å²) in [5.74, 6) is 0.466. The summed E-state index contributed by atoms with van der Waals surface area (Å²) in [6.07, 6.45) is 11.0. The fraction of sp³-hybridized carbons (Fsp3) is 0.625. The van der Waals surface area contributed by atoms with E-state index in [9.17, 15) is 9.90 Å². The summed E-state index contributed by atoms with van der Waals surface area (Å²) in [6, 6.07) is 8.89. The van der Waals surface area contributed by atoms with Crippen LogP contribution in [0, 0.1) is 0 Å². The second kappa shape index (κ2) is 14.5. The number of phenolic OH excluding ortho intramolecular Hbond substituents is 1. The third-order valence-electron chi connectivity index (χ3n) is 9.09. The minimum Gasteiger partial charge on any atom is -0.507 e. The van der Waals surface area contributed by atoms with Gasteiger partial charge in [-0.15, -0.1) is 0 Å². The minimum absolute atomic E-state index is 0.0323. The van der Waals surface area contributed by atoms with Crippen molar-refractivity contribution in [2.24, 2.45) is 0 Å². The first kappa shape index (κ1) is 36.6. The van der Waals surface area contributed by atoms with Crippen LogP contribution >= 0.6 is 0 Å². The van der Waals surface area contributed by atoms with Crippen LogP contribution in [0.1, 0.15) is 168 Å². The Kier molecular flexibility index (Phi) is 12.3. The number of ether oxygens (including phenoxy) is 1. The van der Waals surface area contributed by atoms with E-state index in [4.69, 9.17) is 4.74 Å². The SMILES string of the molecule is C=CC(=O)Oc1c(Cc2cc(C(C)(C)CCCCC)cc(C(C)(C)C)c2O)cc(C(C)(C)CCCCC)cc1C(C)(C)C. The van der Waals surface area contributed by atoms with Crippen LogP contribution in [0.25, 0.3) is 0 Å². The molecule has 0 spiro atoms. The molecule has 0 saturated carbocycles. The molecule has 240 valence electrons. The van der Waals surface area contributed by atoms with Gasteiger partial charge in [-0.1, -0.05) is 152 Å². The van der Waals surface area contributed by atoms with Crippen LogP contribution in [-0.2, 0) is 32.9 Å². The number of esters is 1. The van der Waals surface area contributed by atoms with Crippen molar-refractivity contribution in [3.05, 3.63) is 70.3 Å². The number of unbranched alkanes of at least 4 members (excludes halogenated alkanes) is 4. The predicted octanol–water partition coefficient (Wildman–Crippen LogP) is 11.4. The molecule has 2 aromatic carbocycles. The molecule has 0 atom stereocenters. The molecule has 0 heterocycles. The summed E-state index contributed by atoms with van der Waals surface area (Å²) in [5.41, 5.74) is 5.69. The van der Waals surface area contributed by atoms with Gasteiger partial charge < -0.3 is 9.84 Å². The Morgan fingerprint density at radius 1 is 0.721 bits per heavy atom. The molecule has 0 aliphatic heterocycles. The standard InChI is InChI=1S/C40H62O3/c1-14-17-19-21-39(10,11)30-24-28(35(42)32(26-30)37(4,5)6)23-29-25-31(40(12,13)22-20-18-15-2)27-33(38(7,8)9)36(29)43-34(41)16-3/h16,24-27,42H,3,14-15,17-23H2,1-2,4-13H3. The van der Waals surface area contributed by atoms with Crippen molar-refractivity contribution in [2.45, 2.75) is 163 Å². The van der Waals surface area contributed by atoms with Gasteiger partial charge in [0.1, 0.15) is 11.5 Å². The van der Waals surface area contributed by atoms with Gasteiger partial charge in [-0.25, -0.2) is 4.79 Å². The fourth-order valence-electron chi connectivity index (χ4n) is 5.95. The largest absolute Gasteiger partial charge is 0.507 e. The molecular formula is C40H62O3. The molecule has 1 N–H and O–H groups in total. The van der Waals surface area contributed by atoms with Crippen LogP contribution in [0.3, 0.4) is 0 Å². The van der Waals surface area contributed by atoms with E-state index in [2.05, 4.69) is 114 Å². The molecule has 3 nitrogen and oxygen atoms in total. The van der Waals surface area contributed by atoms with Gasteiger partial charge in [0.25, 0.3) is 0 Å². The highest BCUT2D eigenvalue weighted by molar-refractivity contribution is 5.84. The Balaban J connectivity index is 2.88. The number of rotatable bonds is 14. The van der Waals surface area contributed by atoms with Crippen LogP contribution in [0.2, 0.25) is 0 Å². The Hall–Kier alpha value is -2.55. The van der Waals surface area contributed by atoms with Crippen LogP contribution in [0.15, 0.2) is 36.9 Å². The van der Waals surface area contributed by atoms with E-state index < -0.39 is 5.97 Å². The molecule has 0 aliphatic rings. The van der Waals surface area contributed by atoms with Crippen LogP contribution in [-0.4, -0.2) is 11.1 Å². The molecule has 2 rings (SSSR count). The first-order valence-corrected chi connectivity index (χ1v) is 16.7. The van der Waals surface area contributed by atoms with E-state index in [0.717, 1.165) is 35.1 Å². The molecule has 0 unspecified atom stereocenters. The van der Waals surface area contributed by atoms with Gasteiger partial charge in [-0.3, -0.25) is 0 Å².